The van der Waals surface area contributed by atoms with E-state index in [0.29, 0.717) is 19.6 Å². The van der Waals surface area contributed by atoms with Crippen molar-refractivity contribution in [1.29, 1.82) is 0 Å². The highest BCUT2D eigenvalue weighted by Gasteiger charge is 2.04. The largest absolute Gasteiger partial charge is 0.493 e. The second-order valence-corrected chi connectivity index (χ2v) is 4.91. The van der Waals surface area contributed by atoms with E-state index in [9.17, 15) is 4.79 Å². The Labute approximate surface area is 115 Å². The summed E-state index contributed by atoms with van der Waals surface area (Å²) in [6.45, 7) is 7.01. The molecule has 1 aromatic carbocycles. The molecule has 1 unspecified atom stereocenters. The fourth-order valence-corrected chi connectivity index (χ4v) is 1.66. The Morgan fingerprint density at radius 2 is 2.16 bits per heavy atom. The van der Waals surface area contributed by atoms with Crippen molar-refractivity contribution in [1.82, 2.24) is 5.32 Å². The van der Waals surface area contributed by atoms with Crippen molar-refractivity contribution in [3.8, 4) is 5.75 Å². The highest BCUT2D eigenvalue weighted by Crippen LogP contribution is 2.20. The van der Waals surface area contributed by atoms with Crippen LogP contribution in [0.3, 0.4) is 0 Å². The third-order valence-electron chi connectivity index (χ3n) is 3.06. The molecule has 0 heterocycles. The second kappa shape index (κ2) is 7.79. The van der Waals surface area contributed by atoms with Gasteiger partial charge in [-0.2, -0.15) is 0 Å². The van der Waals surface area contributed by atoms with Gasteiger partial charge >= 0.3 is 0 Å². The maximum Gasteiger partial charge on any atom is 0.223 e. The molecule has 4 nitrogen and oxygen atoms in total. The number of ether oxygens (including phenoxy) is 1. The van der Waals surface area contributed by atoms with Crippen LogP contribution < -0.4 is 15.8 Å². The van der Waals surface area contributed by atoms with Crippen LogP contribution in [0.15, 0.2) is 18.2 Å². The molecular formula is C15H24N2O2. The van der Waals surface area contributed by atoms with E-state index in [-0.39, 0.29) is 11.9 Å². The number of amides is 1. The van der Waals surface area contributed by atoms with E-state index in [4.69, 9.17) is 10.5 Å². The minimum atomic E-state index is 0.00551. The van der Waals surface area contributed by atoms with Gasteiger partial charge in [0.05, 0.1) is 13.0 Å². The number of hydrogen-bond donors (Lipinski definition) is 2. The van der Waals surface area contributed by atoms with Gasteiger partial charge in [-0.15, -0.1) is 0 Å². The standard InChI is InChI=1S/C15H24N2O2/c1-11-5-4-6-14(13(11)3)19-10-8-15(18)17-9-7-12(2)16/h4-6,12H,7-10,16H2,1-3H3,(H,17,18). The van der Waals surface area contributed by atoms with Gasteiger partial charge in [-0.3, -0.25) is 4.79 Å². The average Bonchev–Trinajstić information content (AvgIpc) is 2.34. The summed E-state index contributed by atoms with van der Waals surface area (Å²) in [5, 5.41) is 2.83. The van der Waals surface area contributed by atoms with Crippen LogP contribution in [0.5, 0.6) is 5.75 Å². The molecule has 3 N–H and O–H groups in total. The molecule has 1 atom stereocenters. The summed E-state index contributed by atoms with van der Waals surface area (Å²) in [4.78, 5) is 11.5. The predicted molar refractivity (Wildman–Crippen MR) is 77.3 cm³/mol. The summed E-state index contributed by atoms with van der Waals surface area (Å²) in [6.07, 6.45) is 1.16. The number of nitrogens with one attached hydrogen (secondary N) is 1. The quantitative estimate of drug-likeness (QED) is 0.791. The molecule has 0 radical (unpaired) electrons. The lowest BCUT2D eigenvalue weighted by Gasteiger charge is -2.11. The molecule has 0 bridgehead atoms. The van der Waals surface area contributed by atoms with Crippen LogP contribution in [-0.2, 0) is 4.79 Å². The van der Waals surface area contributed by atoms with Crippen molar-refractivity contribution in [3.05, 3.63) is 29.3 Å². The van der Waals surface area contributed by atoms with Crippen LogP contribution in [0.2, 0.25) is 0 Å². The van der Waals surface area contributed by atoms with Crippen molar-refractivity contribution in [2.75, 3.05) is 13.2 Å². The lowest BCUT2D eigenvalue weighted by molar-refractivity contribution is -0.121. The number of carbonyl (C=O) groups is 1. The van der Waals surface area contributed by atoms with Crippen LogP contribution in [-0.4, -0.2) is 25.1 Å². The van der Waals surface area contributed by atoms with Crippen LogP contribution >= 0.6 is 0 Å². The molecule has 0 aliphatic carbocycles. The van der Waals surface area contributed by atoms with Gasteiger partial charge in [0, 0.05) is 12.6 Å². The first kappa shape index (κ1) is 15.5. The summed E-state index contributed by atoms with van der Waals surface area (Å²) >= 11 is 0. The minimum absolute atomic E-state index is 0.00551. The molecule has 0 aromatic heterocycles. The van der Waals surface area contributed by atoms with Gasteiger partial charge in [-0.25, -0.2) is 0 Å². The van der Waals surface area contributed by atoms with Crippen LogP contribution in [0.25, 0.3) is 0 Å². The smallest absolute Gasteiger partial charge is 0.223 e. The first-order valence-corrected chi connectivity index (χ1v) is 6.72. The lowest BCUT2D eigenvalue weighted by atomic mass is 10.1. The van der Waals surface area contributed by atoms with Crippen molar-refractivity contribution in [3.63, 3.8) is 0 Å². The van der Waals surface area contributed by atoms with Gasteiger partial charge in [-0.1, -0.05) is 12.1 Å². The Balaban J connectivity index is 2.26. The van der Waals surface area contributed by atoms with E-state index >= 15 is 0 Å². The predicted octanol–water partition coefficient (Wildman–Crippen LogP) is 1.93. The van der Waals surface area contributed by atoms with Gasteiger partial charge in [0.15, 0.2) is 0 Å². The number of aryl methyl sites for hydroxylation is 1. The number of hydrogen-bond acceptors (Lipinski definition) is 3. The SMILES string of the molecule is Cc1cccc(OCCC(=O)NCCC(C)N)c1C. The average molecular weight is 264 g/mol. The Bertz CT molecular complexity index is 417. The Hall–Kier alpha value is -1.55. The fraction of sp³-hybridized carbons (Fsp3) is 0.533. The monoisotopic (exact) mass is 264 g/mol. The van der Waals surface area contributed by atoms with E-state index in [1.165, 1.54) is 5.56 Å². The molecule has 106 valence electrons. The van der Waals surface area contributed by atoms with Crippen molar-refractivity contribution in [2.24, 2.45) is 5.73 Å². The zero-order chi connectivity index (χ0) is 14.3. The lowest BCUT2D eigenvalue weighted by Crippen LogP contribution is -2.29. The highest BCUT2D eigenvalue weighted by molar-refractivity contribution is 5.75. The molecule has 0 spiro atoms. The van der Waals surface area contributed by atoms with E-state index in [1.54, 1.807) is 0 Å². The third kappa shape index (κ3) is 5.75. The van der Waals surface area contributed by atoms with Crippen LogP contribution in [0, 0.1) is 13.8 Å². The summed E-state index contributed by atoms with van der Waals surface area (Å²) in [5.41, 5.74) is 7.93. The summed E-state index contributed by atoms with van der Waals surface area (Å²) < 4.78 is 5.63. The van der Waals surface area contributed by atoms with Gasteiger partial charge in [-0.05, 0) is 44.4 Å². The zero-order valence-corrected chi connectivity index (χ0v) is 12.0. The Morgan fingerprint density at radius 1 is 1.42 bits per heavy atom. The number of rotatable bonds is 7. The summed E-state index contributed by atoms with van der Waals surface area (Å²) in [7, 11) is 0. The second-order valence-electron chi connectivity index (χ2n) is 4.91. The molecule has 0 aliphatic rings. The molecule has 0 saturated carbocycles. The van der Waals surface area contributed by atoms with Gasteiger partial charge < -0.3 is 15.8 Å². The molecule has 1 amide bonds. The van der Waals surface area contributed by atoms with Gasteiger partial charge in [0.25, 0.3) is 0 Å². The molecule has 4 heteroatoms. The van der Waals surface area contributed by atoms with E-state index in [0.717, 1.165) is 17.7 Å². The Kier molecular flexibility index (Phi) is 6.36. The van der Waals surface area contributed by atoms with Gasteiger partial charge in [0.1, 0.15) is 5.75 Å². The molecule has 0 aliphatic heterocycles. The summed E-state index contributed by atoms with van der Waals surface area (Å²) in [6, 6.07) is 6.05. The topological polar surface area (TPSA) is 64.3 Å². The van der Waals surface area contributed by atoms with Crippen LogP contribution in [0.4, 0.5) is 0 Å². The molecule has 19 heavy (non-hydrogen) atoms. The third-order valence-corrected chi connectivity index (χ3v) is 3.06. The first-order chi connectivity index (χ1) is 9.00. The highest BCUT2D eigenvalue weighted by atomic mass is 16.5. The molecular weight excluding hydrogens is 240 g/mol. The minimum Gasteiger partial charge on any atom is -0.493 e. The Morgan fingerprint density at radius 3 is 2.84 bits per heavy atom. The maximum atomic E-state index is 11.5. The van der Waals surface area contributed by atoms with Crippen molar-refractivity contribution in [2.45, 2.75) is 39.7 Å². The zero-order valence-electron chi connectivity index (χ0n) is 12.0. The number of carbonyl (C=O) groups excluding carboxylic acids is 1. The number of nitrogens with two attached hydrogens (primary N) is 1. The van der Waals surface area contributed by atoms with Gasteiger partial charge in [0.2, 0.25) is 5.91 Å². The maximum absolute atomic E-state index is 11.5. The van der Waals surface area contributed by atoms with Crippen LogP contribution in [0.1, 0.15) is 30.9 Å². The fourth-order valence-electron chi connectivity index (χ4n) is 1.66. The number of benzene rings is 1. The van der Waals surface area contributed by atoms with Crippen molar-refractivity contribution >= 4 is 5.91 Å². The first-order valence-electron chi connectivity index (χ1n) is 6.72. The van der Waals surface area contributed by atoms with E-state index < -0.39 is 0 Å². The van der Waals surface area contributed by atoms with E-state index in [1.807, 2.05) is 39.0 Å². The summed E-state index contributed by atoms with van der Waals surface area (Å²) in [5.74, 6) is 0.856. The molecule has 1 rings (SSSR count). The molecule has 0 fully saturated rings. The van der Waals surface area contributed by atoms with E-state index in [2.05, 4.69) is 5.32 Å². The normalized spacial score (nSPS) is 12.0. The molecule has 1 aromatic rings. The van der Waals surface area contributed by atoms with Crippen molar-refractivity contribution < 1.29 is 9.53 Å². The molecule has 0 saturated heterocycles.